The second-order valence-corrected chi connectivity index (χ2v) is 5.14. The van der Waals surface area contributed by atoms with E-state index < -0.39 is 0 Å². The van der Waals surface area contributed by atoms with Gasteiger partial charge in [-0.05, 0) is 50.1 Å². The van der Waals surface area contributed by atoms with E-state index in [2.05, 4.69) is 17.1 Å². The number of anilines is 1. The van der Waals surface area contributed by atoms with Crippen molar-refractivity contribution in [3.8, 4) is 5.75 Å². The van der Waals surface area contributed by atoms with Crippen molar-refractivity contribution in [3.63, 3.8) is 0 Å². The van der Waals surface area contributed by atoms with E-state index >= 15 is 0 Å². The molecule has 1 aromatic carbocycles. The van der Waals surface area contributed by atoms with Crippen LogP contribution in [0.5, 0.6) is 5.75 Å². The van der Waals surface area contributed by atoms with Crippen LogP contribution in [0.1, 0.15) is 35.7 Å². The van der Waals surface area contributed by atoms with E-state index in [1.165, 1.54) is 0 Å². The lowest BCUT2D eigenvalue weighted by atomic mass is 10.1. The molecule has 1 aromatic heterocycles. The summed E-state index contributed by atoms with van der Waals surface area (Å²) in [5, 5.41) is 6.73. The van der Waals surface area contributed by atoms with Crippen molar-refractivity contribution in [2.24, 2.45) is 0 Å². The summed E-state index contributed by atoms with van der Waals surface area (Å²) in [5.74, 6) is 1.04. The van der Waals surface area contributed by atoms with Gasteiger partial charge in [-0.25, -0.2) is 0 Å². The van der Waals surface area contributed by atoms with Gasteiger partial charge < -0.3 is 14.6 Å². The normalized spacial score (nSPS) is 10.3. The van der Waals surface area contributed by atoms with Gasteiger partial charge in [-0.2, -0.15) is 0 Å². The summed E-state index contributed by atoms with van der Waals surface area (Å²) in [6.45, 7) is 9.83. The average Bonchev–Trinajstić information content (AvgIpc) is 2.87. The average molecular weight is 300 g/mol. The van der Waals surface area contributed by atoms with Crippen LogP contribution in [0, 0.1) is 6.92 Å². The molecule has 0 aliphatic rings. The van der Waals surface area contributed by atoms with Gasteiger partial charge in [0.2, 0.25) is 0 Å². The molecule has 0 radical (unpaired) electrons. The van der Waals surface area contributed by atoms with E-state index in [0.29, 0.717) is 35.7 Å². The predicted molar refractivity (Wildman–Crippen MR) is 85.3 cm³/mol. The van der Waals surface area contributed by atoms with Gasteiger partial charge in [0.1, 0.15) is 23.7 Å². The Morgan fingerprint density at radius 3 is 2.64 bits per heavy atom. The number of carbonyl (C=O) groups is 1. The van der Waals surface area contributed by atoms with Crippen molar-refractivity contribution in [3.05, 3.63) is 53.4 Å². The first kappa shape index (κ1) is 15.8. The van der Waals surface area contributed by atoms with Gasteiger partial charge in [0.25, 0.3) is 5.91 Å². The number of amides is 1. The Bertz CT molecular complexity index is 672. The molecule has 1 amide bonds. The lowest BCUT2D eigenvalue weighted by Gasteiger charge is -2.08. The summed E-state index contributed by atoms with van der Waals surface area (Å²) in [4.78, 5) is 12.3. The number of aryl methyl sites for hydroxylation is 2. The molecular weight excluding hydrogens is 280 g/mol. The van der Waals surface area contributed by atoms with E-state index in [1.807, 2.05) is 13.8 Å². The quantitative estimate of drug-likeness (QED) is 0.825. The van der Waals surface area contributed by atoms with Crippen LogP contribution in [0.2, 0.25) is 0 Å². The van der Waals surface area contributed by atoms with E-state index in [1.54, 1.807) is 31.2 Å². The molecule has 0 aliphatic carbocycles. The highest BCUT2D eigenvalue weighted by atomic mass is 16.5. The standard InChI is InChI=1S/C17H20N2O3/c1-5-15-16(12(4)22-19-15)17(20)18-13-6-8-14(9-7-13)21-10-11(2)3/h6-9H,2,5,10H2,1,3-4H3,(H,18,20). The molecule has 0 aliphatic heterocycles. The fraction of sp³-hybridized carbons (Fsp3) is 0.294. The molecule has 0 atom stereocenters. The lowest BCUT2D eigenvalue weighted by molar-refractivity contribution is 0.102. The zero-order valence-electron chi connectivity index (χ0n) is 13.1. The molecule has 0 saturated carbocycles. The number of ether oxygens (including phenoxy) is 1. The van der Waals surface area contributed by atoms with Crippen molar-refractivity contribution in [1.29, 1.82) is 0 Å². The SMILES string of the molecule is C=C(C)COc1ccc(NC(=O)c2c(CC)noc2C)cc1. The van der Waals surface area contributed by atoms with Gasteiger partial charge in [0.05, 0.1) is 5.69 Å². The van der Waals surface area contributed by atoms with Crippen molar-refractivity contribution in [2.75, 3.05) is 11.9 Å². The Labute approximate surface area is 130 Å². The predicted octanol–water partition coefficient (Wildman–Crippen LogP) is 3.75. The number of aromatic nitrogens is 1. The second-order valence-electron chi connectivity index (χ2n) is 5.14. The summed E-state index contributed by atoms with van der Waals surface area (Å²) >= 11 is 0. The van der Waals surface area contributed by atoms with Gasteiger partial charge in [0, 0.05) is 5.69 Å². The molecule has 0 fully saturated rings. The molecule has 0 spiro atoms. The molecule has 5 nitrogen and oxygen atoms in total. The fourth-order valence-electron chi connectivity index (χ4n) is 1.98. The Kier molecular flexibility index (Phi) is 4.99. The van der Waals surface area contributed by atoms with Crippen LogP contribution in [0.4, 0.5) is 5.69 Å². The van der Waals surface area contributed by atoms with Crippen LogP contribution in [0.15, 0.2) is 40.9 Å². The molecule has 1 heterocycles. The number of benzene rings is 1. The third-order valence-electron chi connectivity index (χ3n) is 3.09. The van der Waals surface area contributed by atoms with Gasteiger partial charge in [0.15, 0.2) is 0 Å². The second kappa shape index (κ2) is 6.93. The van der Waals surface area contributed by atoms with Gasteiger partial charge in [-0.3, -0.25) is 4.79 Å². The Hall–Kier alpha value is -2.56. The molecule has 1 N–H and O–H groups in total. The summed E-state index contributed by atoms with van der Waals surface area (Å²) in [6, 6.07) is 7.19. The number of carbonyl (C=O) groups excluding carboxylic acids is 1. The highest BCUT2D eigenvalue weighted by Gasteiger charge is 2.19. The Morgan fingerprint density at radius 2 is 2.05 bits per heavy atom. The minimum absolute atomic E-state index is 0.216. The molecule has 116 valence electrons. The van der Waals surface area contributed by atoms with Crippen LogP contribution in [0.3, 0.4) is 0 Å². The third-order valence-corrected chi connectivity index (χ3v) is 3.09. The Balaban J connectivity index is 2.05. The number of rotatable bonds is 6. The zero-order valence-corrected chi connectivity index (χ0v) is 13.1. The smallest absolute Gasteiger partial charge is 0.261 e. The highest BCUT2D eigenvalue weighted by molar-refractivity contribution is 6.05. The van der Waals surface area contributed by atoms with Gasteiger partial charge >= 0.3 is 0 Å². The molecule has 5 heteroatoms. The number of nitrogens with zero attached hydrogens (tertiary/aromatic N) is 1. The lowest BCUT2D eigenvalue weighted by Crippen LogP contribution is -2.14. The van der Waals surface area contributed by atoms with E-state index in [-0.39, 0.29) is 5.91 Å². The van der Waals surface area contributed by atoms with Crippen molar-refractivity contribution >= 4 is 11.6 Å². The summed E-state index contributed by atoms with van der Waals surface area (Å²) in [5.41, 5.74) is 2.81. The zero-order chi connectivity index (χ0) is 16.1. The summed E-state index contributed by atoms with van der Waals surface area (Å²) in [6.07, 6.45) is 0.647. The van der Waals surface area contributed by atoms with E-state index in [0.717, 1.165) is 11.3 Å². The maximum Gasteiger partial charge on any atom is 0.261 e. The van der Waals surface area contributed by atoms with Crippen molar-refractivity contribution < 1.29 is 14.1 Å². The van der Waals surface area contributed by atoms with Crippen LogP contribution >= 0.6 is 0 Å². The molecule has 2 aromatic rings. The van der Waals surface area contributed by atoms with E-state index in [9.17, 15) is 4.79 Å². The van der Waals surface area contributed by atoms with Crippen LogP contribution < -0.4 is 10.1 Å². The van der Waals surface area contributed by atoms with Gasteiger partial charge in [-0.15, -0.1) is 0 Å². The van der Waals surface area contributed by atoms with E-state index in [4.69, 9.17) is 9.26 Å². The first-order chi connectivity index (χ1) is 10.5. The molecule has 22 heavy (non-hydrogen) atoms. The number of hydrogen-bond donors (Lipinski definition) is 1. The van der Waals surface area contributed by atoms with Crippen LogP contribution in [-0.4, -0.2) is 17.7 Å². The van der Waals surface area contributed by atoms with Crippen LogP contribution in [-0.2, 0) is 6.42 Å². The molecule has 2 rings (SSSR count). The summed E-state index contributed by atoms with van der Waals surface area (Å²) in [7, 11) is 0. The maximum absolute atomic E-state index is 12.3. The number of hydrogen-bond acceptors (Lipinski definition) is 4. The minimum Gasteiger partial charge on any atom is -0.489 e. The largest absolute Gasteiger partial charge is 0.489 e. The highest BCUT2D eigenvalue weighted by Crippen LogP contribution is 2.19. The summed E-state index contributed by atoms with van der Waals surface area (Å²) < 4.78 is 10.6. The van der Waals surface area contributed by atoms with Gasteiger partial charge in [-0.1, -0.05) is 18.7 Å². The first-order valence-corrected chi connectivity index (χ1v) is 7.15. The third kappa shape index (κ3) is 3.75. The molecule has 0 saturated heterocycles. The minimum atomic E-state index is -0.216. The Morgan fingerprint density at radius 1 is 1.36 bits per heavy atom. The fourth-order valence-corrected chi connectivity index (χ4v) is 1.98. The topological polar surface area (TPSA) is 64.4 Å². The van der Waals surface area contributed by atoms with Crippen molar-refractivity contribution in [2.45, 2.75) is 27.2 Å². The van der Waals surface area contributed by atoms with Crippen molar-refractivity contribution in [1.82, 2.24) is 5.16 Å². The molecule has 0 bridgehead atoms. The number of nitrogens with one attached hydrogen (secondary N) is 1. The van der Waals surface area contributed by atoms with Crippen LogP contribution in [0.25, 0.3) is 0 Å². The molecular formula is C17H20N2O3. The molecule has 0 unspecified atom stereocenters. The first-order valence-electron chi connectivity index (χ1n) is 7.15. The maximum atomic E-state index is 12.3. The monoisotopic (exact) mass is 300 g/mol.